The van der Waals surface area contributed by atoms with Gasteiger partial charge in [-0.1, -0.05) is 110 Å². The molecule has 2 unspecified atom stereocenters. The predicted molar refractivity (Wildman–Crippen MR) is 135 cm³/mol. The van der Waals surface area contributed by atoms with Gasteiger partial charge in [-0.15, -0.1) is 12.4 Å². The molecule has 0 bridgehead atoms. The zero-order valence-corrected chi connectivity index (χ0v) is 22.4. The van der Waals surface area contributed by atoms with Crippen LogP contribution in [0.4, 0.5) is 0 Å². The van der Waals surface area contributed by atoms with Gasteiger partial charge in [-0.05, 0) is 27.4 Å². The van der Waals surface area contributed by atoms with Crippen LogP contribution in [-0.4, -0.2) is 41.2 Å². The molecule has 0 aliphatic rings. The molecule has 0 saturated carbocycles. The van der Waals surface area contributed by atoms with Crippen LogP contribution in [0.25, 0.3) is 0 Å². The second-order valence-corrected chi connectivity index (χ2v) is 9.66. The fraction of sp³-hybridized carbons (Fsp3) is 1.00. The Labute approximate surface area is 199 Å². The molecule has 0 fully saturated rings. The van der Waals surface area contributed by atoms with E-state index in [9.17, 15) is 9.67 Å². The number of unbranched alkanes of at least 4 members (excludes halogenated alkanes) is 15. The summed E-state index contributed by atoms with van der Waals surface area (Å²) in [5.74, 6) is 0. The highest BCUT2D eigenvalue weighted by Gasteiger charge is 2.25. The van der Waals surface area contributed by atoms with E-state index >= 15 is 0 Å². The van der Waals surface area contributed by atoms with Crippen LogP contribution in [0.2, 0.25) is 0 Å². The fourth-order valence-corrected chi connectivity index (χ4v) is 4.09. The van der Waals surface area contributed by atoms with Crippen molar-refractivity contribution in [3.63, 3.8) is 0 Å². The maximum atomic E-state index is 10.9. The molecule has 0 aromatic heterocycles. The zero-order valence-electron chi connectivity index (χ0n) is 20.7. The van der Waals surface area contributed by atoms with E-state index in [4.69, 9.17) is 9.79 Å². The Morgan fingerprint density at radius 3 is 1.29 bits per heavy atom. The first kappa shape index (κ1) is 35.9. The van der Waals surface area contributed by atoms with Gasteiger partial charge in [-0.2, -0.15) is 0 Å². The molecule has 0 aromatic rings. The quantitative estimate of drug-likeness (QED) is 0.111. The lowest BCUT2D eigenvalue weighted by molar-refractivity contribution is 0.0213. The van der Waals surface area contributed by atoms with Gasteiger partial charge in [-0.3, -0.25) is 4.52 Å². The van der Waals surface area contributed by atoms with Crippen molar-refractivity contribution >= 4 is 20.2 Å². The van der Waals surface area contributed by atoms with Gasteiger partial charge in [0.15, 0.2) is 0 Å². The van der Waals surface area contributed by atoms with E-state index in [1.165, 1.54) is 90.4 Å². The van der Waals surface area contributed by atoms with Gasteiger partial charge in [0.1, 0.15) is 0 Å². The molecule has 31 heavy (non-hydrogen) atoms. The average Bonchev–Trinajstić information content (AvgIpc) is 2.66. The van der Waals surface area contributed by atoms with E-state index in [1.807, 2.05) is 14.1 Å². The number of phosphoric ester groups is 1. The van der Waals surface area contributed by atoms with E-state index in [0.717, 1.165) is 19.3 Å². The molecular weight excluding hydrogens is 437 g/mol. The van der Waals surface area contributed by atoms with Crippen LogP contribution < -0.4 is 5.32 Å². The van der Waals surface area contributed by atoms with Gasteiger partial charge in [0.25, 0.3) is 0 Å². The van der Waals surface area contributed by atoms with Crippen LogP contribution in [-0.2, 0) is 9.09 Å². The SMILES string of the molecule is CCCCCCCCCCCCCCCCCCC(OP(=O)(O)O)C(C)O.CNC.Cl. The summed E-state index contributed by atoms with van der Waals surface area (Å²) in [6.45, 7) is 3.77. The Morgan fingerprint density at radius 2 is 1.03 bits per heavy atom. The average molecular weight is 490 g/mol. The van der Waals surface area contributed by atoms with Crippen LogP contribution in [0.5, 0.6) is 0 Å². The zero-order chi connectivity index (χ0) is 23.1. The van der Waals surface area contributed by atoms with Gasteiger partial charge in [0.2, 0.25) is 0 Å². The summed E-state index contributed by atoms with van der Waals surface area (Å²) in [6, 6.07) is 0. The molecule has 8 heteroatoms. The smallest absolute Gasteiger partial charge is 0.391 e. The van der Waals surface area contributed by atoms with Crippen molar-refractivity contribution in [1.82, 2.24) is 5.32 Å². The Morgan fingerprint density at radius 1 is 0.742 bits per heavy atom. The summed E-state index contributed by atoms with van der Waals surface area (Å²) < 4.78 is 15.5. The molecule has 0 aliphatic heterocycles. The second kappa shape index (κ2) is 26.6. The molecule has 0 radical (unpaired) electrons. The summed E-state index contributed by atoms with van der Waals surface area (Å²) in [5.41, 5.74) is 0. The van der Waals surface area contributed by atoms with E-state index in [1.54, 1.807) is 0 Å². The normalized spacial score (nSPS) is 13.1. The largest absolute Gasteiger partial charge is 0.469 e. The summed E-state index contributed by atoms with van der Waals surface area (Å²) >= 11 is 0. The predicted octanol–water partition coefficient (Wildman–Crippen LogP) is 6.75. The minimum atomic E-state index is -4.53. The lowest BCUT2D eigenvalue weighted by atomic mass is 10.0. The molecule has 192 valence electrons. The first-order chi connectivity index (χ1) is 14.3. The Kier molecular flexibility index (Phi) is 30.8. The van der Waals surface area contributed by atoms with Gasteiger partial charge in [-0.25, -0.2) is 4.57 Å². The van der Waals surface area contributed by atoms with Crippen LogP contribution in [0.1, 0.15) is 123 Å². The standard InChI is InChI=1S/C21H45O5P.C2H7N.ClH/c1-3-4-5-6-7-8-9-10-11-12-13-14-15-16-17-18-19-21(20(2)22)26-27(23,24)25;1-3-2;/h20-22H,3-19H2,1-2H3,(H2,23,24,25);3H,1-2H3;1H. The fourth-order valence-electron chi connectivity index (χ4n) is 3.45. The third-order valence-electron chi connectivity index (χ3n) is 5.15. The van der Waals surface area contributed by atoms with Crippen molar-refractivity contribution in [2.24, 2.45) is 0 Å². The van der Waals surface area contributed by atoms with Gasteiger partial charge in [0.05, 0.1) is 12.2 Å². The minimum Gasteiger partial charge on any atom is -0.391 e. The van der Waals surface area contributed by atoms with Crippen LogP contribution in [0.3, 0.4) is 0 Å². The Bertz CT molecular complexity index is 383. The summed E-state index contributed by atoms with van der Waals surface area (Å²) in [5, 5.41) is 12.3. The van der Waals surface area contributed by atoms with E-state index in [-0.39, 0.29) is 12.4 Å². The summed E-state index contributed by atoms with van der Waals surface area (Å²) in [6.07, 6.45) is 19.5. The van der Waals surface area contributed by atoms with E-state index in [2.05, 4.69) is 16.8 Å². The van der Waals surface area contributed by atoms with E-state index in [0.29, 0.717) is 6.42 Å². The molecule has 0 aromatic carbocycles. The monoisotopic (exact) mass is 489 g/mol. The minimum absolute atomic E-state index is 0. The van der Waals surface area contributed by atoms with Crippen molar-refractivity contribution in [1.29, 1.82) is 0 Å². The highest BCUT2D eigenvalue weighted by atomic mass is 35.5. The third-order valence-corrected chi connectivity index (χ3v) is 5.70. The molecule has 2 atom stereocenters. The first-order valence-electron chi connectivity index (χ1n) is 12.3. The molecule has 0 amide bonds. The summed E-state index contributed by atoms with van der Waals surface area (Å²) in [7, 11) is -0.777. The molecular formula is C23H53ClNO5P. The van der Waals surface area contributed by atoms with Crippen molar-refractivity contribution in [3.8, 4) is 0 Å². The van der Waals surface area contributed by atoms with Crippen LogP contribution in [0.15, 0.2) is 0 Å². The number of halogens is 1. The number of nitrogens with one attached hydrogen (secondary N) is 1. The number of hydrogen-bond donors (Lipinski definition) is 4. The van der Waals surface area contributed by atoms with Gasteiger partial charge >= 0.3 is 7.82 Å². The topological polar surface area (TPSA) is 99.0 Å². The van der Waals surface area contributed by atoms with Crippen LogP contribution in [0, 0.1) is 0 Å². The van der Waals surface area contributed by atoms with Gasteiger partial charge < -0.3 is 20.2 Å². The molecule has 0 heterocycles. The van der Waals surface area contributed by atoms with Crippen molar-refractivity contribution in [2.75, 3.05) is 14.1 Å². The number of aliphatic hydroxyl groups is 1. The maximum absolute atomic E-state index is 10.9. The number of rotatable bonds is 20. The lowest BCUT2D eigenvalue weighted by Crippen LogP contribution is -2.25. The number of hydrogen-bond acceptors (Lipinski definition) is 4. The van der Waals surface area contributed by atoms with Crippen molar-refractivity contribution < 1.29 is 24.0 Å². The molecule has 0 rings (SSSR count). The maximum Gasteiger partial charge on any atom is 0.469 e. The molecule has 4 N–H and O–H groups in total. The molecule has 0 spiro atoms. The molecule has 6 nitrogen and oxygen atoms in total. The van der Waals surface area contributed by atoms with Gasteiger partial charge in [0, 0.05) is 0 Å². The van der Waals surface area contributed by atoms with E-state index < -0.39 is 20.0 Å². The molecule has 0 aliphatic carbocycles. The lowest BCUT2D eigenvalue weighted by Gasteiger charge is -2.20. The Hall–Kier alpha value is 0.320. The number of aliphatic hydroxyl groups excluding tert-OH is 1. The third kappa shape index (κ3) is 32.6. The Balaban J connectivity index is -0.00000184. The number of phosphoric acid groups is 1. The second-order valence-electron chi connectivity index (χ2n) is 8.47. The highest BCUT2D eigenvalue weighted by molar-refractivity contribution is 7.46. The highest BCUT2D eigenvalue weighted by Crippen LogP contribution is 2.39. The van der Waals surface area contributed by atoms with Crippen LogP contribution >= 0.6 is 20.2 Å². The molecule has 0 saturated heterocycles. The first-order valence-corrected chi connectivity index (χ1v) is 13.8. The van der Waals surface area contributed by atoms with Crippen molar-refractivity contribution in [3.05, 3.63) is 0 Å². The summed E-state index contributed by atoms with van der Waals surface area (Å²) in [4.78, 5) is 17.7. The van der Waals surface area contributed by atoms with Crippen molar-refractivity contribution in [2.45, 2.75) is 135 Å².